The van der Waals surface area contributed by atoms with Crippen molar-refractivity contribution in [1.29, 1.82) is 0 Å². The van der Waals surface area contributed by atoms with Gasteiger partial charge in [0, 0.05) is 38.4 Å². The number of benzene rings is 1. The van der Waals surface area contributed by atoms with Gasteiger partial charge in [0.1, 0.15) is 11.5 Å². The van der Waals surface area contributed by atoms with Gasteiger partial charge in [0.25, 0.3) is 5.91 Å². The zero-order valence-electron chi connectivity index (χ0n) is 13.5. The molecule has 6 heteroatoms. The molecule has 2 aromatic rings. The van der Waals surface area contributed by atoms with E-state index in [1.54, 1.807) is 16.8 Å². The molecule has 0 saturated carbocycles. The van der Waals surface area contributed by atoms with Crippen molar-refractivity contribution < 1.29 is 9.18 Å². The summed E-state index contributed by atoms with van der Waals surface area (Å²) in [6.45, 7) is 7.37. The van der Waals surface area contributed by atoms with Crippen LogP contribution in [0.15, 0.2) is 30.3 Å². The van der Waals surface area contributed by atoms with E-state index in [0.29, 0.717) is 25.3 Å². The van der Waals surface area contributed by atoms with Crippen molar-refractivity contribution in [2.24, 2.45) is 0 Å². The van der Waals surface area contributed by atoms with E-state index >= 15 is 0 Å². The van der Waals surface area contributed by atoms with Gasteiger partial charge in [-0.25, -0.2) is 4.39 Å². The van der Waals surface area contributed by atoms with Crippen LogP contribution in [0.5, 0.6) is 0 Å². The van der Waals surface area contributed by atoms with Gasteiger partial charge in [-0.1, -0.05) is 0 Å². The standard InChI is InChI=1S/C17H21FN4O/c1-3-22-16(12-13(2)19-22)17(23)21-10-8-20(9-11-21)15-6-4-14(18)5-7-15/h4-7,12H,3,8-11H2,1-2H3. The minimum atomic E-state index is -0.231. The van der Waals surface area contributed by atoms with Crippen LogP contribution in [0.25, 0.3) is 0 Å². The van der Waals surface area contributed by atoms with E-state index in [1.807, 2.05) is 24.8 Å². The number of hydrogen-bond donors (Lipinski definition) is 0. The summed E-state index contributed by atoms with van der Waals surface area (Å²) < 4.78 is 14.8. The number of carbonyl (C=O) groups is 1. The molecule has 122 valence electrons. The fourth-order valence-electron chi connectivity index (χ4n) is 2.94. The minimum Gasteiger partial charge on any atom is -0.368 e. The maximum atomic E-state index is 13.0. The van der Waals surface area contributed by atoms with Gasteiger partial charge in [-0.15, -0.1) is 0 Å². The Bertz CT molecular complexity index is 687. The van der Waals surface area contributed by atoms with Gasteiger partial charge >= 0.3 is 0 Å². The van der Waals surface area contributed by atoms with Crippen LogP contribution in [-0.4, -0.2) is 46.8 Å². The Morgan fingerprint density at radius 2 is 1.83 bits per heavy atom. The van der Waals surface area contributed by atoms with Gasteiger partial charge in [0.05, 0.1) is 5.69 Å². The maximum absolute atomic E-state index is 13.0. The molecule has 0 spiro atoms. The SMILES string of the molecule is CCn1nc(C)cc1C(=O)N1CCN(c2ccc(F)cc2)CC1. The monoisotopic (exact) mass is 316 g/mol. The molecule has 0 radical (unpaired) electrons. The zero-order valence-corrected chi connectivity index (χ0v) is 13.5. The summed E-state index contributed by atoms with van der Waals surface area (Å²) in [7, 11) is 0. The number of aryl methyl sites for hydroxylation is 2. The number of anilines is 1. The van der Waals surface area contributed by atoms with Crippen LogP contribution >= 0.6 is 0 Å². The smallest absolute Gasteiger partial charge is 0.272 e. The molecule has 1 saturated heterocycles. The highest BCUT2D eigenvalue weighted by molar-refractivity contribution is 5.93. The highest BCUT2D eigenvalue weighted by Crippen LogP contribution is 2.18. The van der Waals surface area contributed by atoms with Crippen molar-refractivity contribution in [1.82, 2.24) is 14.7 Å². The van der Waals surface area contributed by atoms with E-state index in [1.165, 1.54) is 12.1 Å². The summed E-state index contributed by atoms with van der Waals surface area (Å²) in [5.41, 5.74) is 2.51. The molecule has 0 unspecified atom stereocenters. The van der Waals surface area contributed by atoms with Gasteiger partial charge in [0.2, 0.25) is 0 Å². The van der Waals surface area contributed by atoms with E-state index in [-0.39, 0.29) is 11.7 Å². The molecule has 2 heterocycles. The Hall–Kier alpha value is -2.37. The second kappa shape index (κ2) is 6.40. The highest BCUT2D eigenvalue weighted by atomic mass is 19.1. The third-order valence-corrected chi connectivity index (χ3v) is 4.18. The van der Waals surface area contributed by atoms with E-state index in [0.717, 1.165) is 24.5 Å². The molecule has 0 bridgehead atoms. The Kier molecular flexibility index (Phi) is 4.32. The van der Waals surface area contributed by atoms with Crippen LogP contribution in [0.4, 0.5) is 10.1 Å². The summed E-state index contributed by atoms with van der Waals surface area (Å²) in [5, 5.41) is 4.34. The van der Waals surface area contributed by atoms with Crippen molar-refractivity contribution >= 4 is 11.6 Å². The van der Waals surface area contributed by atoms with Gasteiger partial charge in [-0.3, -0.25) is 9.48 Å². The fourth-order valence-corrected chi connectivity index (χ4v) is 2.94. The van der Waals surface area contributed by atoms with Gasteiger partial charge < -0.3 is 9.80 Å². The van der Waals surface area contributed by atoms with Crippen LogP contribution in [0, 0.1) is 12.7 Å². The third kappa shape index (κ3) is 3.21. The molecule has 3 rings (SSSR count). The van der Waals surface area contributed by atoms with Gasteiger partial charge in [0.15, 0.2) is 0 Å². The number of nitrogens with zero attached hydrogens (tertiary/aromatic N) is 4. The molecule has 1 aliphatic heterocycles. The molecular formula is C17H21FN4O. The Morgan fingerprint density at radius 1 is 1.17 bits per heavy atom. The molecular weight excluding hydrogens is 295 g/mol. The number of aromatic nitrogens is 2. The molecule has 23 heavy (non-hydrogen) atoms. The lowest BCUT2D eigenvalue weighted by Crippen LogP contribution is -2.49. The second-order valence-electron chi connectivity index (χ2n) is 5.74. The largest absolute Gasteiger partial charge is 0.368 e. The molecule has 1 aromatic heterocycles. The molecule has 1 amide bonds. The first-order valence-corrected chi connectivity index (χ1v) is 7.92. The van der Waals surface area contributed by atoms with Crippen LogP contribution < -0.4 is 4.90 Å². The maximum Gasteiger partial charge on any atom is 0.272 e. The van der Waals surface area contributed by atoms with Crippen LogP contribution in [0.3, 0.4) is 0 Å². The zero-order chi connectivity index (χ0) is 16.4. The molecule has 5 nitrogen and oxygen atoms in total. The van der Waals surface area contributed by atoms with E-state index in [2.05, 4.69) is 10.00 Å². The quantitative estimate of drug-likeness (QED) is 0.872. The number of carbonyl (C=O) groups excluding carboxylic acids is 1. The van der Waals surface area contributed by atoms with Crippen molar-refractivity contribution in [3.05, 3.63) is 47.5 Å². The average molecular weight is 316 g/mol. The summed E-state index contributed by atoms with van der Waals surface area (Å²) >= 11 is 0. The minimum absolute atomic E-state index is 0.0335. The first-order chi connectivity index (χ1) is 11.1. The van der Waals surface area contributed by atoms with E-state index in [9.17, 15) is 9.18 Å². The molecule has 0 atom stereocenters. The lowest BCUT2D eigenvalue weighted by atomic mass is 10.2. The first kappa shape index (κ1) is 15.5. The molecule has 1 aromatic carbocycles. The topological polar surface area (TPSA) is 41.4 Å². The van der Waals surface area contributed by atoms with Crippen molar-refractivity contribution in [2.45, 2.75) is 20.4 Å². The summed E-state index contributed by atoms with van der Waals surface area (Å²) in [6.07, 6.45) is 0. The molecule has 1 fully saturated rings. The number of rotatable bonds is 3. The summed E-state index contributed by atoms with van der Waals surface area (Å²) in [4.78, 5) is 16.7. The fraction of sp³-hybridized carbons (Fsp3) is 0.412. The van der Waals surface area contributed by atoms with E-state index in [4.69, 9.17) is 0 Å². The van der Waals surface area contributed by atoms with Crippen LogP contribution in [-0.2, 0) is 6.54 Å². The van der Waals surface area contributed by atoms with Gasteiger partial charge in [-0.2, -0.15) is 5.10 Å². The number of hydrogen-bond acceptors (Lipinski definition) is 3. The van der Waals surface area contributed by atoms with Gasteiger partial charge in [-0.05, 0) is 44.2 Å². The molecule has 1 aliphatic rings. The number of amides is 1. The molecule has 0 N–H and O–H groups in total. The van der Waals surface area contributed by atoms with Crippen LogP contribution in [0.1, 0.15) is 23.1 Å². The lowest BCUT2D eigenvalue weighted by Gasteiger charge is -2.36. The summed E-state index contributed by atoms with van der Waals surface area (Å²) in [6, 6.07) is 8.34. The second-order valence-corrected chi connectivity index (χ2v) is 5.74. The van der Waals surface area contributed by atoms with Crippen molar-refractivity contribution in [2.75, 3.05) is 31.1 Å². The first-order valence-electron chi connectivity index (χ1n) is 7.92. The Labute approximate surface area is 135 Å². The average Bonchev–Trinajstić information content (AvgIpc) is 2.96. The summed E-state index contributed by atoms with van der Waals surface area (Å²) in [5.74, 6) is -0.197. The number of halogens is 1. The Morgan fingerprint density at radius 3 is 2.43 bits per heavy atom. The lowest BCUT2D eigenvalue weighted by molar-refractivity contribution is 0.0734. The normalized spacial score (nSPS) is 15.1. The van der Waals surface area contributed by atoms with Crippen molar-refractivity contribution in [3.8, 4) is 0 Å². The predicted molar refractivity (Wildman–Crippen MR) is 87.2 cm³/mol. The van der Waals surface area contributed by atoms with E-state index < -0.39 is 0 Å². The third-order valence-electron chi connectivity index (χ3n) is 4.18. The predicted octanol–water partition coefficient (Wildman–Crippen LogP) is 2.31. The highest BCUT2D eigenvalue weighted by Gasteiger charge is 2.24. The van der Waals surface area contributed by atoms with Crippen molar-refractivity contribution in [3.63, 3.8) is 0 Å². The number of piperazine rings is 1. The molecule has 0 aliphatic carbocycles. The van der Waals surface area contributed by atoms with Crippen LogP contribution in [0.2, 0.25) is 0 Å². The Balaban J connectivity index is 1.66.